The lowest BCUT2D eigenvalue weighted by molar-refractivity contribution is -0.142. The molecule has 2 amide bonds. The van der Waals surface area contributed by atoms with Crippen LogP contribution in [0.4, 0.5) is 4.79 Å². The van der Waals surface area contributed by atoms with Crippen LogP contribution < -0.4 is 5.32 Å². The molecule has 2 rings (SSSR count). The molecule has 1 aromatic rings. The Labute approximate surface area is 125 Å². The summed E-state index contributed by atoms with van der Waals surface area (Å²) in [4.78, 5) is 24.6. The summed E-state index contributed by atoms with van der Waals surface area (Å²) >= 11 is 0. The Kier molecular flexibility index (Phi) is 5.20. The first-order valence-electron chi connectivity index (χ1n) is 7.37. The maximum atomic E-state index is 12.0. The molecule has 1 heterocycles. The van der Waals surface area contributed by atoms with E-state index in [1.165, 1.54) is 5.56 Å². The minimum absolute atomic E-state index is 0.0116. The van der Waals surface area contributed by atoms with E-state index in [1.807, 2.05) is 25.1 Å². The molecule has 1 saturated heterocycles. The van der Waals surface area contributed by atoms with Crippen molar-refractivity contribution in [2.45, 2.75) is 19.8 Å². The van der Waals surface area contributed by atoms with Crippen molar-refractivity contribution >= 4 is 12.0 Å². The second-order valence-electron chi connectivity index (χ2n) is 5.65. The lowest BCUT2D eigenvalue weighted by atomic mass is 9.99. The van der Waals surface area contributed by atoms with Gasteiger partial charge in [-0.05, 0) is 24.3 Å². The first-order chi connectivity index (χ1) is 10.1. The average Bonchev–Trinajstić information content (AvgIpc) is 2.87. The molecule has 1 aromatic carbocycles. The van der Waals surface area contributed by atoms with E-state index in [0.29, 0.717) is 19.6 Å². The van der Waals surface area contributed by atoms with E-state index < -0.39 is 11.9 Å². The number of aliphatic carboxylic acids is 1. The topological polar surface area (TPSA) is 69.6 Å². The predicted molar refractivity (Wildman–Crippen MR) is 80.0 cm³/mol. The molecule has 21 heavy (non-hydrogen) atoms. The number of benzene rings is 1. The van der Waals surface area contributed by atoms with Crippen LogP contribution in [0.25, 0.3) is 0 Å². The number of urea groups is 1. The van der Waals surface area contributed by atoms with E-state index in [1.54, 1.807) is 4.90 Å². The monoisotopic (exact) mass is 290 g/mol. The molecule has 2 N–H and O–H groups in total. The molecular formula is C16H22N2O3. The number of carbonyl (C=O) groups is 2. The second kappa shape index (κ2) is 7.11. The number of amides is 2. The van der Waals surface area contributed by atoms with Gasteiger partial charge in [0.1, 0.15) is 0 Å². The van der Waals surface area contributed by atoms with Crippen molar-refractivity contribution in [2.24, 2.45) is 11.8 Å². The largest absolute Gasteiger partial charge is 0.481 e. The van der Waals surface area contributed by atoms with Gasteiger partial charge < -0.3 is 15.3 Å². The minimum atomic E-state index is -0.818. The molecule has 0 unspecified atom stereocenters. The van der Waals surface area contributed by atoms with Crippen molar-refractivity contribution in [2.75, 3.05) is 19.6 Å². The molecule has 0 aliphatic carbocycles. The third-order valence-corrected chi connectivity index (χ3v) is 3.98. The highest BCUT2D eigenvalue weighted by molar-refractivity contribution is 5.77. The highest BCUT2D eigenvalue weighted by Crippen LogP contribution is 2.22. The highest BCUT2D eigenvalue weighted by atomic mass is 16.4. The Morgan fingerprint density at radius 1 is 1.29 bits per heavy atom. The van der Waals surface area contributed by atoms with Crippen LogP contribution in [0.1, 0.15) is 18.9 Å². The molecule has 0 spiro atoms. The zero-order valence-corrected chi connectivity index (χ0v) is 12.3. The summed E-state index contributed by atoms with van der Waals surface area (Å²) < 4.78 is 0. The van der Waals surface area contributed by atoms with Crippen LogP contribution in [-0.4, -0.2) is 41.6 Å². The first-order valence-corrected chi connectivity index (χ1v) is 7.37. The molecule has 1 aliphatic heterocycles. The van der Waals surface area contributed by atoms with Gasteiger partial charge in [0, 0.05) is 19.6 Å². The SMILES string of the molecule is C[C@@H]1CN(C(=O)NCCCc2ccccc2)C[C@H]1C(=O)O. The maximum Gasteiger partial charge on any atom is 0.317 e. The van der Waals surface area contributed by atoms with Crippen molar-refractivity contribution in [3.05, 3.63) is 35.9 Å². The van der Waals surface area contributed by atoms with Crippen molar-refractivity contribution in [1.29, 1.82) is 0 Å². The third-order valence-electron chi connectivity index (χ3n) is 3.98. The zero-order chi connectivity index (χ0) is 15.2. The van der Waals surface area contributed by atoms with Crippen LogP contribution in [0.2, 0.25) is 0 Å². The van der Waals surface area contributed by atoms with Crippen molar-refractivity contribution in [3.63, 3.8) is 0 Å². The number of likely N-dealkylation sites (tertiary alicyclic amines) is 1. The van der Waals surface area contributed by atoms with E-state index >= 15 is 0 Å². The van der Waals surface area contributed by atoms with Gasteiger partial charge in [-0.15, -0.1) is 0 Å². The Bertz CT molecular complexity index is 490. The molecule has 0 radical (unpaired) electrons. The van der Waals surface area contributed by atoms with Gasteiger partial charge in [-0.2, -0.15) is 0 Å². The number of hydrogen-bond donors (Lipinski definition) is 2. The predicted octanol–water partition coefficient (Wildman–Crippen LogP) is 1.98. The minimum Gasteiger partial charge on any atom is -0.481 e. The molecule has 5 heteroatoms. The normalized spacial score (nSPS) is 21.3. The molecule has 1 fully saturated rings. The van der Waals surface area contributed by atoms with E-state index in [4.69, 9.17) is 5.11 Å². The number of aryl methyl sites for hydroxylation is 1. The van der Waals surface area contributed by atoms with Gasteiger partial charge in [0.25, 0.3) is 0 Å². The Morgan fingerprint density at radius 2 is 2.00 bits per heavy atom. The first kappa shape index (κ1) is 15.4. The van der Waals surface area contributed by atoms with Crippen molar-refractivity contribution < 1.29 is 14.7 Å². The smallest absolute Gasteiger partial charge is 0.317 e. The van der Waals surface area contributed by atoms with Crippen LogP contribution in [0.5, 0.6) is 0 Å². The summed E-state index contributed by atoms with van der Waals surface area (Å²) in [7, 11) is 0. The van der Waals surface area contributed by atoms with E-state index in [2.05, 4.69) is 17.4 Å². The summed E-state index contributed by atoms with van der Waals surface area (Å²) in [5.74, 6) is -1.25. The molecule has 114 valence electrons. The fraction of sp³-hybridized carbons (Fsp3) is 0.500. The van der Waals surface area contributed by atoms with E-state index in [0.717, 1.165) is 12.8 Å². The van der Waals surface area contributed by atoms with Gasteiger partial charge in [-0.25, -0.2) is 4.79 Å². The third kappa shape index (κ3) is 4.21. The van der Waals surface area contributed by atoms with Crippen molar-refractivity contribution in [3.8, 4) is 0 Å². The highest BCUT2D eigenvalue weighted by Gasteiger charge is 2.36. The molecule has 5 nitrogen and oxygen atoms in total. The average molecular weight is 290 g/mol. The van der Waals surface area contributed by atoms with Crippen molar-refractivity contribution in [1.82, 2.24) is 10.2 Å². The Hall–Kier alpha value is -2.04. The van der Waals surface area contributed by atoms with Crippen LogP contribution in [0, 0.1) is 11.8 Å². The van der Waals surface area contributed by atoms with E-state index in [-0.39, 0.29) is 11.9 Å². The molecule has 0 bridgehead atoms. The number of nitrogens with zero attached hydrogens (tertiary/aromatic N) is 1. The second-order valence-corrected chi connectivity index (χ2v) is 5.65. The fourth-order valence-electron chi connectivity index (χ4n) is 2.70. The van der Waals surface area contributed by atoms with Gasteiger partial charge in [0.05, 0.1) is 5.92 Å². The van der Waals surface area contributed by atoms with Gasteiger partial charge in [0.2, 0.25) is 0 Å². The number of nitrogens with one attached hydrogen (secondary N) is 1. The van der Waals surface area contributed by atoms with Gasteiger partial charge >= 0.3 is 12.0 Å². The lowest BCUT2D eigenvalue weighted by Crippen LogP contribution is -2.39. The fourth-order valence-corrected chi connectivity index (χ4v) is 2.70. The molecule has 0 saturated carbocycles. The number of rotatable bonds is 5. The standard InChI is InChI=1S/C16H22N2O3/c1-12-10-18(11-14(12)15(19)20)16(21)17-9-5-8-13-6-3-2-4-7-13/h2-4,6-7,12,14H,5,8-11H2,1H3,(H,17,21)(H,19,20)/t12-,14-/m1/s1. The number of carboxylic acid groups (broad SMARTS) is 1. The zero-order valence-electron chi connectivity index (χ0n) is 12.3. The lowest BCUT2D eigenvalue weighted by Gasteiger charge is -2.16. The van der Waals surface area contributed by atoms with Crippen LogP contribution >= 0.6 is 0 Å². The van der Waals surface area contributed by atoms with Gasteiger partial charge in [0.15, 0.2) is 0 Å². The van der Waals surface area contributed by atoms with Crippen LogP contribution in [0.15, 0.2) is 30.3 Å². The van der Waals surface area contributed by atoms with Crippen LogP contribution in [0.3, 0.4) is 0 Å². The summed E-state index contributed by atoms with van der Waals surface area (Å²) in [6.07, 6.45) is 1.80. The Morgan fingerprint density at radius 3 is 2.62 bits per heavy atom. The molecule has 0 aromatic heterocycles. The summed E-state index contributed by atoms with van der Waals surface area (Å²) in [5.41, 5.74) is 1.26. The number of carboxylic acids is 1. The molecule has 1 aliphatic rings. The number of carbonyl (C=O) groups excluding carboxylic acids is 1. The molecule has 2 atom stereocenters. The van der Waals surface area contributed by atoms with Gasteiger partial charge in [-0.3, -0.25) is 4.79 Å². The van der Waals surface area contributed by atoms with Gasteiger partial charge in [-0.1, -0.05) is 37.3 Å². The van der Waals surface area contributed by atoms with E-state index in [9.17, 15) is 9.59 Å². The summed E-state index contributed by atoms with van der Waals surface area (Å²) in [5, 5.41) is 11.9. The number of hydrogen-bond acceptors (Lipinski definition) is 2. The summed E-state index contributed by atoms with van der Waals surface area (Å²) in [6.45, 7) is 3.31. The van der Waals surface area contributed by atoms with Crippen LogP contribution in [-0.2, 0) is 11.2 Å². The summed E-state index contributed by atoms with van der Waals surface area (Å²) in [6, 6.07) is 9.98. The maximum absolute atomic E-state index is 12.0. The molecular weight excluding hydrogens is 268 g/mol. The Balaban J connectivity index is 1.69. The quantitative estimate of drug-likeness (QED) is 0.815.